The lowest BCUT2D eigenvalue weighted by Gasteiger charge is -2.31. The van der Waals surface area contributed by atoms with E-state index in [4.69, 9.17) is 4.52 Å². The number of nitrogens with zero attached hydrogens (tertiary/aromatic N) is 3. The van der Waals surface area contributed by atoms with E-state index < -0.39 is 0 Å². The Bertz CT molecular complexity index is 950. The van der Waals surface area contributed by atoms with Crippen LogP contribution in [-0.4, -0.2) is 39.3 Å². The molecule has 6 heteroatoms. The maximum absolute atomic E-state index is 12.7. The first-order chi connectivity index (χ1) is 13.8. The molecule has 1 N–H and O–H groups in total. The molecule has 1 aromatic carbocycles. The Balaban J connectivity index is 1.22. The van der Waals surface area contributed by atoms with Gasteiger partial charge in [-0.25, -0.2) is 0 Å². The zero-order valence-electron chi connectivity index (χ0n) is 15.8. The van der Waals surface area contributed by atoms with E-state index in [-0.39, 0.29) is 5.91 Å². The van der Waals surface area contributed by atoms with Crippen molar-refractivity contribution in [1.82, 2.24) is 20.3 Å². The average molecular weight is 376 g/mol. The van der Waals surface area contributed by atoms with Crippen molar-refractivity contribution in [2.75, 3.05) is 13.1 Å². The van der Waals surface area contributed by atoms with Gasteiger partial charge in [0, 0.05) is 43.1 Å². The van der Waals surface area contributed by atoms with Crippen LogP contribution in [0.25, 0.3) is 0 Å². The van der Waals surface area contributed by atoms with Gasteiger partial charge in [0.2, 0.25) is 5.76 Å². The van der Waals surface area contributed by atoms with Crippen molar-refractivity contribution in [2.45, 2.75) is 43.9 Å². The largest absolute Gasteiger partial charge is 0.351 e. The summed E-state index contributed by atoms with van der Waals surface area (Å²) >= 11 is 0. The Labute approximate surface area is 163 Å². The molecule has 0 atom stereocenters. The quantitative estimate of drug-likeness (QED) is 0.733. The molecule has 0 radical (unpaired) electrons. The van der Waals surface area contributed by atoms with Gasteiger partial charge in [0.15, 0.2) is 0 Å². The zero-order valence-corrected chi connectivity index (χ0v) is 15.8. The first-order valence-corrected chi connectivity index (χ1v) is 10.1. The van der Waals surface area contributed by atoms with Gasteiger partial charge in [-0.15, -0.1) is 0 Å². The van der Waals surface area contributed by atoms with Gasteiger partial charge in [-0.3, -0.25) is 9.89 Å². The summed E-state index contributed by atoms with van der Waals surface area (Å²) in [4.78, 5) is 14.6. The average Bonchev–Trinajstić information content (AvgIpc) is 3.29. The number of aromatic amines is 1. The van der Waals surface area contributed by atoms with E-state index >= 15 is 0 Å². The van der Waals surface area contributed by atoms with Crippen molar-refractivity contribution in [3.8, 4) is 0 Å². The molecule has 28 heavy (non-hydrogen) atoms. The van der Waals surface area contributed by atoms with Gasteiger partial charge < -0.3 is 9.42 Å². The highest BCUT2D eigenvalue weighted by atomic mass is 16.5. The molecule has 3 heterocycles. The topological polar surface area (TPSA) is 75.0 Å². The summed E-state index contributed by atoms with van der Waals surface area (Å²) in [5.41, 5.74) is 4.68. The molecular weight excluding hydrogens is 352 g/mol. The molecular formula is C22H24N4O2. The van der Waals surface area contributed by atoms with Crippen molar-refractivity contribution in [2.24, 2.45) is 0 Å². The fraction of sp³-hybridized carbons (Fsp3) is 0.409. The molecule has 0 spiro atoms. The number of benzene rings is 1. The molecule has 6 nitrogen and oxygen atoms in total. The second-order valence-corrected chi connectivity index (χ2v) is 7.93. The summed E-state index contributed by atoms with van der Waals surface area (Å²) in [6, 6.07) is 12.3. The number of likely N-dealkylation sites (tertiary alicyclic amines) is 1. The fourth-order valence-electron chi connectivity index (χ4n) is 4.12. The lowest BCUT2D eigenvalue weighted by molar-refractivity contribution is 0.0670. The number of hydrogen-bond acceptors (Lipinski definition) is 4. The maximum Gasteiger partial charge on any atom is 0.292 e. The number of amides is 1. The van der Waals surface area contributed by atoms with E-state index in [1.165, 1.54) is 16.8 Å². The minimum absolute atomic E-state index is 0.0352. The minimum atomic E-state index is -0.0352. The first kappa shape index (κ1) is 17.2. The van der Waals surface area contributed by atoms with Gasteiger partial charge in [-0.2, -0.15) is 5.10 Å². The first-order valence-electron chi connectivity index (χ1n) is 10.1. The third-order valence-electron chi connectivity index (χ3n) is 5.91. The zero-order chi connectivity index (χ0) is 18.9. The number of carbonyl (C=O) groups excluding carboxylic acids is 1. The van der Waals surface area contributed by atoms with Gasteiger partial charge in [0.25, 0.3) is 5.91 Å². The Hall–Kier alpha value is -2.89. The molecule has 0 bridgehead atoms. The molecule has 2 aromatic heterocycles. The van der Waals surface area contributed by atoms with E-state index in [1.54, 1.807) is 0 Å². The monoisotopic (exact) mass is 376 g/mol. The van der Waals surface area contributed by atoms with Crippen molar-refractivity contribution >= 4 is 5.91 Å². The van der Waals surface area contributed by atoms with Crippen LogP contribution in [0, 0.1) is 0 Å². The van der Waals surface area contributed by atoms with Crippen LogP contribution in [0.15, 0.2) is 47.1 Å². The second-order valence-electron chi connectivity index (χ2n) is 7.93. The lowest BCUT2D eigenvalue weighted by Crippen LogP contribution is -2.38. The smallest absolute Gasteiger partial charge is 0.292 e. The van der Waals surface area contributed by atoms with Crippen LogP contribution in [0.3, 0.4) is 0 Å². The Morgan fingerprint density at radius 2 is 1.89 bits per heavy atom. The fourth-order valence-corrected chi connectivity index (χ4v) is 4.12. The molecule has 1 aliphatic carbocycles. The Morgan fingerprint density at radius 1 is 1.11 bits per heavy atom. The second kappa shape index (κ2) is 7.26. The number of piperidine rings is 1. The van der Waals surface area contributed by atoms with Crippen LogP contribution >= 0.6 is 0 Å². The molecule has 3 aromatic rings. The molecule has 2 fully saturated rings. The molecule has 2 aliphatic rings. The van der Waals surface area contributed by atoms with Crippen LogP contribution in [0.2, 0.25) is 0 Å². The summed E-state index contributed by atoms with van der Waals surface area (Å²) < 4.78 is 5.31. The molecule has 0 unspecified atom stereocenters. The van der Waals surface area contributed by atoms with Crippen LogP contribution in [0.5, 0.6) is 0 Å². The van der Waals surface area contributed by atoms with Crippen molar-refractivity contribution in [3.63, 3.8) is 0 Å². The molecule has 5 rings (SSSR count). The van der Waals surface area contributed by atoms with Crippen LogP contribution in [0.1, 0.15) is 70.6 Å². The Kier molecular flexibility index (Phi) is 4.47. The highest BCUT2D eigenvalue weighted by Crippen LogP contribution is 2.39. The predicted molar refractivity (Wildman–Crippen MR) is 104 cm³/mol. The minimum Gasteiger partial charge on any atom is -0.351 e. The molecule has 1 saturated carbocycles. The van der Waals surface area contributed by atoms with Gasteiger partial charge in [0.1, 0.15) is 0 Å². The standard InChI is InChI=1S/C22H24N4O2/c27-22(20-13-19(25-28-20)16-6-7-16)26-10-8-17(9-11-26)21-18(14-23-24-21)12-15-4-2-1-3-5-15/h1-5,13-14,16-17H,6-12H2,(H,23,24). The van der Waals surface area contributed by atoms with E-state index in [0.29, 0.717) is 17.6 Å². The third-order valence-corrected chi connectivity index (χ3v) is 5.91. The summed E-state index contributed by atoms with van der Waals surface area (Å²) in [7, 11) is 0. The van der Waals surface area contributed by atoms with Crippen LogP contribution in [0.4, 0.5) is 0 Å². The van der Waals surface area contributed by atoms with E-state index in [0.717, 1.165) is 50.9 Å². The van der Waals surface area contributed by atoms with E-state index in [2.05, 4.69) is 39.6 Å². The van der Waals surface area contributed by atoms with Crippen LogP contribution < -0.4 is 0 Å². The SMILES string of the molecule is O=C(c1cc(C2CC2)no1)N1CCC(c2[nH]ncc2Cc2ccccc2)CC1. The molecule has 1 aliphatic heterocycles. The predicted octanol–water partition coefficient (Wildman–Crippen LogP) is 3.89. The normalized spacial score (nSPS) is 17.8. The lowest BCUT2D eigenvalue weighted by atomic mass is 9.89. The van der Waals surface area contributed by atoms with Crippen molar-refractivity contribution < 1.29 is 9.32 Å². The molecule has 1 saturated heterocycles. The summed E-state index contributed by atoms with van der Waals surface area (Å²) in [5, 5.41) is 11.6. The number of rotatable bonds is 5. The summed E-state index contributed by atoms with van der Waals surface area (Å²) in [6.07, 6.45) is 6.99. The summed E-state index contributed by atoms with van der Waals surface area (Å²) in [5.74, 6) is 1.25. The van der Waals surface area contributed by atoms with Crippen LogP contribution in [-0.2, 0) is 6.42 Å². The highest BCUT2D eigenvalue weighted by Gasteiger charge is 2.31. The highest BCUT2D eigenvalue weighted by molar-refractivity contribution is 5.91. The summed E-state index contributed by atoms with van der Waals surface area (Å²) in [6.45, 7) is 1.46. The third kappa shape index (κ3) is 3.46. The van der Waals surface area contributed by atoms with E-state index in [9.17, 15) is 4.79 Å². The van der Waals surface area contributed by atoms with Crippen molar-refractivity contribution in [1.29, 1.82) is 0 Å². The van der Waals surface area contributed by atoms with Gasteiger partial charge >= 0.3 is 0 Å². The maximum atomic E-state index is 12.7. The molecule has 144 valence electrons. The number of H-pyrrole nitrogens is 1. The number of hydrogen-bond donors (Lipinski definition) is 1. The van der Waals surface area contributed by atoms with Gasteiger partial charge in [-0.05, 0) is 36.8 Å². The van der Waals surface area contributed by atoms with Gasteiger partial charge in [0.05, 0.1) is 11.9 Å². The molecule has 1 amide bonds. The number of carbonyl (C=O) groups is 1. The van der Waals surface area contributed by atoms with Gasteiger partial charge in [-0.1, -0.05) is 35.5 Å². The Morgan fingerprint density at radius 3 is 2.64 bits per heavy atom. The van der Waals surface area contributed by atoms with Crippen molar-refractivity contribution in [3.05, 3.63) is 70.9 Å². The number of aromatic nitrogens is 3. The number of nitrogens with one attached hydrogen (secondary N) is 1. The van der Waals surface area contributed by atoms with E-state index in [1.807, 2.05) is 23.2 Å².